The topological polar surface area (TPSA) is 96.2 Å². The number of hydrogen-bond acceptors (Lipinski definition) is 5. The normalized spacial score (nSPS) is 25.6. The van der Waals surface area contributed by atoms with Gasteiger partial charge in [0.25, 0.3) is 0 Å². The van der Waals surface area contributed by atoms with Crippen LogP contribution in [0, 0.1) is 30.1 Å². The van der Waals surface area contributed by atoms with Crippen molar-refractivity contribution in [2.45, 2.75) is 53.0 Å². The third kappa shape index (κ3) is 4.25. The van der Waals surface area contributed by atoms with Crippen LogP contribution in [0.3, 0.4) is 0 Å². The molecule has 4 atom stereocenters. The number of carboxylic acid groups (broad SMARTS) is 1. The number of hydrogen-bond donors (Lipinski definition) is 2. The Balaban J connectivity index is 1.31. The number of rotatable bonds is 5. The molecule has 2 unspecified atom stereocenters. The molecule has 2 N–H and O–H groups in total. The summed E-state index contributed by atoms with van der Waals surface area (Å²) in [6, 6.07) is 4.06. The standard InChI is InChI=1S/C23H34N6O2/c1-14-12-25-28(5)20(14)18-6-7-19(27-26-18)24-9-8-15-10-16-13-29(22(30)31)21(17(16)11-15)23(2,3)4/h6-7,12,15-17,21H,8-11,13H2,1-5H3,(H,24,27)(H,30,31)/t15?,16-,17-,21?/m0/s1. The lowest BCUT2D eigenvalue weighted by Gasteiger charge is -2.37. The summed E-state index contributed by atoms with van der Waals surface area (Å²) in [4.78, 5) is 13.4. The summed E-state index contributed by atoms with van der Waals surface area (Å²) < 4.78 is 1.82. The molecule has 8 heteroatoms. The summed E-state index contributed by atoms with van der Waals surface area (Å²) in [6.45, 7) is 10.1. The van der Waals surface area contributed by atoms with Crippen molar-refractivity contribution < 1.29 is 9.90 Å². The molecule has 0 aromatic carbocycles. The van der Waals surface area contributed by atoms with Gasteiger partial charge < -0.3 is 15.3 Å². The van der Waals surface area contributed by atoms with E-state index in [2.05, 4.69) is 41.4 Å². The predicted octanol–water partition coefficient (Wildman–Crippen LogP) is 4.04. The van der Waals surface area contributed by atoms with E-state index in [9.17, 15) is 9.90 Å². The van der Waals surface area contributed by atoms with E-state index in [4.69, 9.17) is 0 Å². The second kappa shape index (κ2) is 8.13. The Labute approximate surface area is 184 Å². The fourth-order valence-corrected chi connectivity index (χ4v) is 5.89. The van der Waals surface area contributed by atoms with Crippen molar-refractivity contribution in [3.05, 3.63) is 23.9 Å². The fourth-order valence-electron chi connectivity index (χ4n) is 5.89. The number of nitrogens with one attached hydrogen (secondary N) is 1. The van der Waals surface area contributed by atoms with Gasteiger partial charge in [-0.05, 0) is 67.1 Å². The molecular weight excluding hydrogens is 392 g/mol. The van der Waals surface area contributed by atoms with Gasteiger partial charge in [-0.25, -0.2) is 4.79 Å². The third-order valence-electron chi connectivity index (χ3n) is 7.04. The van der Waals surface area contributed by atoms with Crippen molar-refractivity contribution in [2.75, 3.05) is 18.4 Å². The first kappa shape index (κ1) is 21.6. The average Bonchev–Trinajstić information content (AvgIpc) is 3.34. The van der Waals surface area contributed by atoms with Crippen molar-refractivity contribution in [2.24, 2.45) is 30.2 Å². The molecular formula is C23H34N6O2. The van der Waals surface area contributed by atoms with Crippen LogP contribution in [-0.2, 0) is 7.05 Å². The minimum absolute atomic E-state index is 0.0332. The molecule has 1 aliphatic carbocycles. The summed E-state index contributed by atoms with van der Waals surface area (Å²) in [5, 5.41) is 26.0. The molecule has 3 heterocycles. The van der Waals surface area contributed by atoms with Gasteiger partial charge in [0, 0.05) is 26.2 Å². The predicted molar refractivity (Wildman–Crippen MR) is 120 cm³/mol. The Kier molecular flexibility index (Phi) is 5.66. The molecule has 2 aliphatic rings. The van der Waals surface area contributed by atoms with Crippen molar-refractivity contribution in [3.8, 4) is 11.4 Å². The van der Waals surface area contributed by atoms with Crippen LogP contribution < -0.4 is 5.32 Å². The van der Waals surface area contributed by atoms with Gasteiger partial charge in [0.15, 0.2) is 0 Å². The molecule has 2 fully saturated rings. The minimum atomic E-state index is -0.768. The number of amides is 1. The highest BCUT2D eigenvalue weighted by Crippen LogP contribution is 2.50. The molecule has 0 radical (unpaired) electrons. The second-order valence-electron chi connectivity index (χ2n) is 10.3. The van der Waals surface area contributed by atoms with Crippen LogP contribution in [-0.4, -0.2) is 55.2 Å². The summed E-state index contributed by atoms with van der Waals surface area (Å²) in [5.41, 5.74) is 2.86. The highest BCUT2D eigenvalue weighted by atomic mass is 16.4. The van der Waals surface area contributed by atoms with Gasteiger partial charge in [0.2, 0.25) is 0 Å². The lowest BCUT2D eigenvalue weighted by molar-refractivity contribution is 0.0877. The molecule has 1 saturated heterocycles. The highest BCUT2D eigenvalue weighted by molar-refractivity contribution is 5.66. The number of anilines is 1. The Morgan fingerprint density at radius 1 is 1.26 bits per heavy atom. The molecule has 2 aromatic rings. The quantitative estimate of drug-likeness (QED) is 0.749. The zero-order chi connectivity index (χ0) is 22.3. The summed E-state index contributed by atoms with van der Waals surface area (Å²) in [5.74, 6) is 2.38. The van der Waals surface area contributed by atoms with Gasteiger partial charge in [-0.15, -0.1) is 10.2 Å². The van der Waals surface area contributed by atoms with Crippen LogP contribution in [0.5, 0.6) is 0 Å². The Morgan fingerprint density at radius 2 is 2.03 bits per heavy atom. The average molecular weight is 427 g/mol. The minimum Gasteiger partial charge on any atom is -0.465 e. The summed E-state index contributed by atoms with van der Waals surface area (Å²) in [6.07, 6.45) is 4.37. The van der Waals surface area contributed by atoms with Crippen LogP contribution in [0.25, 0.3) is 11.4 Å². The van der Waals surface area contributed by atoms with Crippen LogP contribution in [0.1, 0.15) is 45.6 Å². The first-order valence-corrected chi connectivity index (χ1v) is 11.2. The van der Waals surface area contributed by atoms with E-state index in [1.54, 1.807) is 4.90 Å². The zero-order valence-corrected chi connectivity index (χ0v) is 19.2. The van der Waals surface area contributed by atoms with E-state index < -0.39 is 6.09 Å². The van der Waals surface area contributed by atoms with Gasteiger partial charge >= 0.3 is 6.09 Å². The molecule has 168 valence electrons. The van der Waals surface area contributed by atoms with E-state index in [1.807, 2.05) is 37.0 Å². The molecule has 31 heavy (non-hydrogen) atoms. The monoisotopic (exact) mass is 426 g/mol. The molecule has 1 saturated carbocycles. The number of aromatic nitrogens is 4. The Bertz CT molecular complexity index is 913. The van der Waals surface area contributed by atoms with Gasteiger partial charge in [0.05, 0.1) is 11.9 Å². The largest absolute Gasteiger partial charge is 0.465 e. The smallest absolute Gasteiger partial charge is 0.407 e. The van der Waals surface area contributed by atoms with Gasteiger partial charge in [-0.1, -0.05) is 20.8 Å². The van der Waals surface area contributed by atoms with E-state index in [0.29, 0.717) is 24.3 Å². The summed E-state index contributed by atoms with van der Waals surface area (Å²) >= 11 is 0. The van der Waals surface area contributed by atoms with Crippen LogP contribution >= 0.6 is 0 Å². The molecule has 0 bridgehead atoms. The number of nitrogens with zero attached hydrogens (tertiary/aromatic N) is 5. The molecule has 4 rings (SSSR count). The van der Waals surface area contributed by atoms with E-state index in [1.165, 1.54) is 0 Å². The van der Waals surface area contributed by atoms with Gasteiger partial charge in [-0.2, -0.15) is 5.10 Å². The van der Waals surface area contributed by atoms with Crippen LogP contribution in [0.2, 0.25) is 0 Å². The molecule has 1 aliphatic heterocycles. The lowest BCUT2D eigenvalue weighted by atomic mass is 9.77. The first-order chi connectivity index (χ1) is 14.6. The highest BCUT2D eigenvalue weighted by Gasteiger charge is 2.52. The third-order valence-corrected chi connectivity index (χ3v) is 7.04. The first-order valence-electron chi connectivity index (χ1n) is 11.2. The van der Waals surface area contributed by atoms with E-state index >= 15 is 0 Å². The number of fused-ring (bicyclic) bond motifs is 1. The Morgan fingerprint density at radius 3 is 2.61 bits per heavy atom. The number of likely N-dealkylation sites (tertiary alicyclic amines) is 1. The summed E-state index contributed by atoms with van der Waals surface area (Å²) in [7, 11) is 1.91. The fraction of sp³-hybridized carbons (Fsp3) is 0.652. The van der Waals surface area contributed by atoms with Crippen LogP contribution in [0.15, 0.2) is 18.3 Å². The zero-order valence-electron chi connectivity index (χ0n) is 19.2. The molecule has 2 aromatic heterocycles. The Hall–Kier alpha value is -2.64. The van der Waals surface area contributed by atoms with Crippen molar-refractivity contribution in [1.29, 1.82) is 0 Å². The SMILES string of the molecule is Cc1cnn(C)c1-c1ccc(NCCC2C[C@H]3CN(C(=O)O)C(C(C)(C)C)[C@H]3C2)nn1. The van der Waals surface area contributed by atoms with E-state index in [-0.39, 0.29) is 11.5 Å². The number of carbonyl (C=O) groups is 1. The molecule has 1 amide bonds. The maximum absolute atomic E-state index is 11.7. The maximum atomic E-state index is 11.7. The van der Waals surface area contributed by atoms with Crippen LogP contribution in [0.4, 0.5) is 10.6 Å². The van der Waals surface area contributed by atoms with E-state index in [0.717, 1.165) is 48.6 Å². The van der Waals surface area contributed by atoms with Crippen molar-refractivity contribution in [3.63, 3.8) is 0 Å². The molecule has 0 spiro atoms. The second-order valence-corrected chi connectivity index (χ2v) is 10.3. The maximum Gasteiger partial charge on any atom is 0.407 e. The lowest BCUT2D eigenvalue weighted by Crippen LogP contribution is -2.45. The van der Waals surface area contributed by atoms with Crippen molar-refractivity contribution >= 4 is 11.9 Å². The molecule has 8 nitrogen and oxygen atoms in total. The number of aryl methyl sites for hydroxylation is 2. The van der Waals surface area contributed by atoms with Crippen molar-refractivity contribution in [1.82, 2.24) is 24.9 Å². The van der Waals surface area contributed by atoms with Gasteiger partial charge in [0.1, 0.15) is 11.5 Å². The van der Waals surface area contributed by atoms with Gasteiger partial charge in [-0.3, -0.25) is 4.68 Å².